The van der Waals surface area contributed by atoms with Gasteiger partial charge in [0.05, 0.1) is 12.8 Å². The van der Waals surface area contributed by atoms with Gasteiger partial charge in [0.25, 0.3) is 5.91 Å². The summed E-state index contributed by atoms with van der Waals surface area (Å²) in [6, 6.07) is 12.7. The molecule has 1 amide bonds. The zero-order valence-electron chi connectivity index (χ0n) is 14.2. The molecule has 0 bridgehead atoms. The van der Waals surface area contributed by atoms with Crippen molar-refractivity contribution in [3.8, 4) is 17.2 Å². The van der Waals surface area contributed by atoms with Gasteiger partial charge in [0.1, 0.15) is 17.2 Å². The van der Waals surface area contributed by atoms with E-state index in [2.05, 4.69) is 15.3 Å². The number of alkyl halides is 2. The van der Waals surface area contributed by atoms with Crippen LogP contribution in [0.25, 0.3) is 0 Å². The van der Waals surface area contributed by atoms with E-state index in [1.807, 2.05) is 0 Å². The smallest absolute Gasteiger partial charge is 0.387 e. The quantitative estimate of drug-likeness (QED) is 0.577. The molecule has 26 heavy (non-hydrogen) atoms. The van der Waals surface area contributed by atoms with Crippen LogP contribution in [0.1, 0.15) is 12.5 Å². The van der Waals surface area contributed by atoms with Crippen LogP contribution in [0.5, 0.6) is 17.2 Å². The van der Waals surface area contributed by atoms with Crippen molar-refractivity contribution in [2.45, 2.75) is 13.5 Å². The number of carbonyl (C=O) groups excluding carboxylic acids is 1. The number of ether oxygens (including phenoxy) is 3. The van der Waals surface area contributed by atoms with Crippen LogP contribution in [-0.4, -0.2) is 31.9 Å². The van der Waals surface area contributed by atoms with Crippen molar-refractivity contribution < 1.29 is 27.8 Å². The highest BCUT2D eigenvalue weighted by Gasteiger charge is 2.06. The van der Waals surface area contributed by atoms with Crippen LogP contribution in [0.3, 0.4) is 0 Å². The summed E-state index contributed by atoms with van der Waals surface area (Å²) in [6.45, 7) is -1.40. The zero-order chi connectivity index (χ0) is 18.9. The van der Waals surface area contributed by atoms with Crippen molar-refractivity contribution in [1.29, 1.82) is 0 Å². The van der Waals surface area contributed by atoms with Crippen LogP contribution in [0.15, 0.2) is 53.6 Å². The molecular formula is C18H18F2N2O4. The van der Waals surface area contributed by atoms with Crippen LogP contribution >= 0.6 is 0 Å². The first-order valence-electron chi connectivity index (χ1n) is 7.63. The Hall–Kier alpha value is -3.16. The maximum absolute atomic E-state index is 12.1. The van der Waals surface area contributed by atoms with E-state index in [1.165, 1.54) is 12.1 Å². The number of hydrazone groups is 1. The van der Waals surface area contributed by atoms with Crippen molar-refractivity contribution in [1.82, 2.24) is 5.43 Å². The Morgan fingerprint density at radius 3 is 2.19 bits per heavy atom. The average Bonchev–Trinajstić information content (AvgIpc) is 2.65. The summed E-state index contributed by atoms with van der Waals surface area (Å²) in [5.74, 6) is 0.828. The van der Waals surface area contributed by atoms with Gasteiger partial charge in [-0.3, -0.25) is 4.79 Å². The average molecular weight is 364 g/mol. The minimum atomic E-state index is -2.87. The Kier molecular flexibility index (Phi) is 6.90. The Labute approximate surface area is 149 Å². The maximum Gasteiger partial charge on any atom is 0.387 e. The Morgan fingerprint density at radius 1 is 1.04 bits per heavy atom. The highest BCUT2D eigenvalue weighted by atomic mass is 19.3. The fourth-order valence-electron chi connectivity index (χ4n) is 1.94. The molecule has 0 spiro atoms. The molecule has 0 aliphatic carbocycles. The topological polar surface area (TPSA) is 69.2 Å². The van der Waals surface area contributed by atoms with Crippen molar-refractivity contribution in [3.05, 3.63) is 54.1 Å². The van der Waals surface area contributed by atoms with Gasteiger partial charge in [-0.1, -0.05) is 0 Å². The molecule has 6 nitrogen and oxygen atoms in total. The Bertz CT molecular complexity index is 747. The number of nitrogens with one attached hydrogen (secondary N) is 1. The van der Waals surface area contributed by atoms with Crippen LogP contribution < -0.4 is 19.6 Å². The van der Waals surface area contributed by atoms with E-state index < -0.39 is 12.5 Å². The summed E-state index contributed by atoms with van der Waals surface area (Å²) in [4.78, 5) is 11.8. The number of methoxy groups -OCH3 is 1. The standard InChI is InChI=1S/C18H18F2N2O4/c1-12(13-3-5-16(6-4-13)26-18(19)20)21-22-17(23)11-25-15-9-7-14(24-2)8-10-15/h3-10,18H,11H2,1-2H3,(H,22,23)/b21-12+. The largest absolute Gasteiger partial charge is 0.497 e. The summed E-state index contributed by atoms with van der Waals surface area (Å²) in [7, 11) is 1.56. The number of hydrogen-bond acceptors (Lipinski definition) is 5. The third-order valence-corrected chi connectivity index (χ3v) is 3.27. The highest BCUT2D eigenvalue weighted by molar-refractivity contribution is 5.99. The molecule has 2 aromatic carbocycles. The second-order valence-electron chi connectivity index (χ2n) is 5.10. The van der Waals surface area contributed by atoms with Gasteiger partial charge in [-0.05, 0) is 61.0 Å². The number of rotatable bonds is 8. The fraction of sp³-hybridized carbons (Fsp3) is 0.222. The molecule has 0 saturated heterocycles. The zero-order valence-corrected chi connectivity index (χ0v) is 14.2. The summed E-state index contributed by atoms with van der Waals surface area (Å²) < 4.78 is 38.9. The molecule has 0 saturated carbocycles. The first kappa shape index (κ1) is 19.2. The Balaban J connectivity index is 1.84. The van der Waals surface area contributed by atoms with E-state index in [1.54, 1.807) is 50.4 Å². The molecule has 0 aliphatic rings. The minimum Gasteiger partial charge on any atom is -0.497 e. The van der Waals surface area contributed by atoms with E-state index >= 15 is 0 Å². The maximum atomic E-state index is 12.1. The predicted octanol–water partition coefficient (Wildman–Crippen LogP) is 3.22. The first-order chi connectivity index (χ1) is 12.5. The summed E-state index contributed by atoms with van der Waals surface area (Å²) in [6.07, 6.45) is 0. The van der Waals surface area contributed by atoms with Crippen molar-refractivity contribution in [2.24, 2.45) is 5.10 Å². The van der Waals surface area contributed by atoms with E-state index in [0.29, 0.717) is 22.8 Å². The van der Waals surface area contributed by atoms with Crippen molar-refractivity contribution in [3.63, 3.8) is 0 Å². The third kappa shape index (κ3) is 6.04. The molecule has 8 heteroatoms. The van der Waals surface area contributed by atoms with Gasteiger partial charge in [0, 0.05) is 0 Å². The van der Waals surface area contributed by atoms with Crippen LogP contribution in [0.2, 0.25) is 0 Å². The molecule has 138 valence electrons. The molecule has 0 atom stereocenters. The van der Waals surface area contributed by atoms with Crippen LogP contribution in [0.4, 0.5) is 8.78 Å². The first-order valence-corrected chi connectivity index (χ1v) is 7.63. The predicted molar refractivity (Wildman–Crippen MR) is 91.9 cm³/mol. The van der Waals surface area contributed by atoms with Crippen molar-refractivity contribution in [2.75, 3.05) is 13.7 Å². The Morgan fingerprint density at radius 2 is 1.62 bits per heavy atom. The van der Waals surface area contributed by atoms with Gasteiger partial charge >= 0.3 is 6.61 Å². The summed E-state index contributed by atoms with van der Waals surface area (Å²) in [5.41, 5.74) is 3.53. The van der Waals surface area contributed by atoms with Gasteiger partial charge in [-0.2, -0.15) is 13.9 Å². The third-order valence-electron chi connectivity index (χ3n) is 3.27. The lowest BCUT2D eigenvalue weighted by Crippen LogP contribution is -2.25. The normalized spacial score (nSPS) is 11.2. The molecule has 2 aromatic rings. The molecule has 2 rings (SSSR count). The SMILES string of the molecule is COc1ccc(OCC(=O)N/N=C(\C)c2ccc(OC(F)F)cc2)cc1. The molecule has 1 N–H and O–H groups in total. The highest BCUT2D eigenvalue weighted by Crippen LogP contribution is 2.17. The van der Waals surface area contributed by atoms with E-state index in [9.17, 15) is 13.6 Å². The van der Waals surface area contributed by atoms with E-state index in [4.69, 9.17) is 9.47 Å². The number of carbonyl (C=O) groups is 1. The number of halogens is 2. The lowest BCUT2D eigenvalue weighted by Gasteiger charge is -2.07. The van der Waals surface area contributed by atoms with Gasteiger partial charge < -0.3 is 14.2 Å². The minimum absolute atomic E-state index is 0.0495. The number of hydrogen-bond donors (Lipinski definition) is 1. The molecule has 0 heterocycles. The van der Waals surface area contributed by atoms with Gasteiger partial charge in [-0.25, -0.2) is 5.43 Å². The molecular weight excluding hydrogens is 346 g/mol. The molecule has 0 aliphatic heterocycles. The molecule has 0 radical (unpaired) electrons. The monoisotopic (exact) mass is 364 g/mol. The van der Waals surface area contributed by atoms with Crippen molar-refractivity contribution >= 4 is 11.6 Å². The van der Waals surface area contributed by atoms with Gasteiger partial charge in [0.15, 0.2) is 6.61 Å². The van der Waals surface area contributed by atoms with Gasteiger partial charge in [0.2, 0.25) is 0 Å². The number of benzene rings is 2. The fourth-order valence-corrected chi connectivity index (χ4v) is 1.94. The molecule has 0 unspecified atom stereocenters. The second kappa shape index (κ2) is 9.36. The second-order valence-corrected chi connectivity index (χ2v) is 5.10. The van der Waals surface area contributed by atoms with E-state index in [0.717, 1.165) is 0 Å². The van der Waals surface area contributed by atoms with Crippen LogP contribution in [-0.2, 0) is 4.79 Å². The summed E-state index contributed by atoms with van der Waals surface area (Å²) >= 11 is 0. The number of amides is 1. The van der Waals surface area contributed by atoms with Gasteiger partial charge in [-0.15, -0.1) is 0 Å². The molecule has 0 fully saturated rings. The lowest BCUT2D eigenvalue weighted by molar-refractivity contribution is -0.123. The van der Waals surface area contributed by atoms with Crippen LogP contribution in [0, 0.1) is 0 Å². The summed E-state index contributed by atoms with van der Waals surface area (Å²) in [5, 5.41) is 3.95. The number of nitrogens with zero attached hydrogens (tertiary/aromatic N) is 1. The van der Waals surface area contributed by atoms with E-state index in [-0.39, 0.29) is 12.4 Å². The molecule has 0 aromatic heterocycles. The lowest BCUT2D eigenvalue weighted by atomic mass is 10.1.